The molecule has 448 valence electrons. The van der Waals surface area contributed by atoms with E-state index in [-0.39, 0.29) is 0 Å². The van der Waals surface area contributed by atoms with E-state index in [4.69, 9.17) is 18.9 Å². The molecule has 16 heteroatoms. The topological polar surface area (TPSA) is 112 Å². The number of fused-ring (bicyclic) bond motifs is 12. The second kappa shape index (κ2) is 27.7. The zero-order chi connectivity index (χ0) is 60.1. The minimum atomic E-state index is -0.612. The smallest absolute Gasteiger partial charge is 0.434 e. The van der Waals surface area contributed by atoms with E-state index in [9.17, 15) is 19.8 Å². The number of carbonyl (C=O) groups excluding carboxylic acids is 2. The maximum Gasteiger partial charge on any atom is 0.508 e. The van der Waals surface area contributed by atoms with Crippen LogP contribution in [0.4, 0.5) is 9.59 Å². The van der Waals surface area contributed by atoms with Gasteiger partial charge in [-0.05, 0) is 83.6 Å². The fourth-order valence-corrected chi connectivity index (χ4v) is 21.4. The Labute approximate surface area is 542 Å². The highest BCUT2D eigenvalue weighted by Crippen LogP contribution is 2.50. The molecule has 14 aromatic rings. The van der Waals surface area contributed by atoms with E-state index in [1.165, 1.54) is 77.9 Å². The number of aliphatic hydroxyl groups is 2. The molecule has 88 heavy (non-hydrogen) atoms. The second-order valence-electron chi connectivity index (χ2n) is 22.1. The van der Waals surface area contributed by atoms with Crippen molar-refractivity contribution in [2.45, 2.75) is 102 Å². The normalized spacial score (nSPS) is 13.2. The molecule has 0 radical (unpaired) electrons. The molecular weight excluding hydrogens is 1250 g/mol. The molecule has 0 aliphatic heterocycles. The minimum absolute atomic E-state index is 0.372. The highest BCUT2D eigenvalue weighted by atomic mass is 32.1. The van der Waals surface area contributed by atoms with E-state index in [0.717, 1.165) is 80.3 Å². The van der Waals surface area contributed by atoms with Gasteiger partial charge in [0.25, 0.3) is 0 Å². The fourth-order valence-electron chi connectivity index (χ4n) is 11.2. The Morgan fingerprint density at radius 1 is 0.352 bits per heavy atom. The number of unbranched alkanes of at least 4 members (excludes halogenated alkanes) is 4. The van der Waals surface area contributed by atoms with Crippen LogP contribution in [0.5, 0.6) is 0 Å². The van der Waals surface area contributed by atoms with Crippen molar-refractivity contribution in [1.82, 2.24) is 0 Å². The van der Waals surface area contributed by atoms with Gasteiger partial charge in [0.05, 0.1) is 44.2 Å². The van der Waals surface area contributed by atoms with Crippen LogP contribution < -0.4 is 0 Å². The predicted octanol–water partition coefficient (Wildman–Crippen LogP) is 22.9. The molecule has 0 saturated carbocycles. The summed E-state index contributed by atoms with van der Waals surface area (Å²) in [4.78, 5) is 29.6. The van der Waals surface area contributed by atoms with Crippen LogP contribution in [0.25, 0.3) is 77.9 Å². The first kappa shape index (κ1) is 60.4. The SMILES string of the molecule is CCCCCOC(=O)OC(Cc1ccccc1)c1cc2sc3cc4c(cc3c2s1)sc1cc(C(Cc2ccccc2)OC(=O)OCCCCC)sc14.OC(Cc1ccccc1)c1cc2sc3cc4c(cc3c2s1)sc1cc(C(O)Cc2ccccc2)sc14. The van der Waals surface area contributed by atoms with Crippen molar-refractivity contribution >= 4 is 181 Å². The number of aliphatic hydroxyl groups excluding tert-OH is 2. The summed E-state index contributed by atoms with van der Waals surface area (Å²) in [6, 6.07) is 58.6. The molecule has 0 aliphatic rings. The summed E-state index contributed by atoms with van der Waals surface area (Å²) in [5.74, 6) is 0. The van der Waals surface area contributed by atoms with Gasteiger partial charge in [-0.2, -0.15) is 0 Å². The Morgan fingerprint density at radius 2 is 0.636 bits per heavy atom. The van der Waals surface area contributed by atoms with Crippen LogP contribution in [-0.4, -0.2) is 35.7 Å². The van der Waals surface area contributed by atoms with E-state index >= 15 is 0 Å². The zero-order valence-corrected chi connectivity index (χ0v) is 55.1. The van der Waals surface area contributed by atoms with E-state index in [2.05, 4.69) is 111 Å². The summed E-state index contributed by atoms with van der Waals surface area (Å²) in [7, 11) is 0. The average molecular weight is 1310 g/mol. The molecule has 0 bridgehead atoms. The van der Waals surface area contributed by atoms with Crippen molar-refractivity contribution in [3.05, 3.63) is 212 Å². The monoisotopic (exact) mass is 1310 g/mol. The van der Waals surface area contributed by atoms with Crippen molar-refractivity contribution < 1.29 is 38.7 Å². The summed E-state index contributed by atoms with van der Waals surface area (Å²) >= 11 is 14.0. The Morgan fingerprint density at radius 3 is 0.943 bits per heavy atom. The minimum Gasteiger partial charge on any atom is -0.434 e. The van der Waals surface area contributed by atoms with Crippen LogP contribution in [0.3, 0.4) is 0 Å². The maximum absolute atomic E-state index is 12.8. The summed E-state index contributed by atoms with van der Waals surface area (Å²) in [6.07, 6.45) is 5.20. The van der Waals surface area contributed by atoms with Gasteiger partial charge in [0.2, 0.25) is 0 Å². The van der Waals surface area contributed by atoms with Gasteiger partial charge in [0, 0.05) is 104 Å². The van der Waals surface area contributed by atoms with Crippen molar-refractivity contribution in [1.29, 1.82) is 0 Å². The van der Waals surface area contributed by atoms with Gasteiger partial charge in [-0.15, -0.1) is 90.7 Å². The number of hydrogen-bond acceptors (Lipinski definition) is 16. The first-order valence-electron chi connectivity index (χ1n) is 29.9. The third kappa shape index (κ3) is 13.6. The van der Waals surface area contributed by atoms with Crippen molar-refractivity contribution in [2.24, 2.45) is 0 Å². The van der Waals surface area contributed by atoms with E-state index in [1.807, 2.05) is 95.5 Å². The molecule has 4 unspecified atom stereocenters. The molecule has 0 spiro atoms. The summed E-state index contributed by atoms with van der Waals surface area (Å²) in [6.45, 7) is 4.99. The Bertz CT molecular complexity index is 4360. The van der Waals surface area contributed by atoms with Crippen LogP contribution in [0.2, 0.25) is 0 Å². The van der Waals surface area contributed by atoms with E-state index < -0.39 is 36.7 Å². The lowest BCUT2D eigenvalue weighted by Gasteiger charge is -2.17. The van der Waals surface area contributed by atoms with Crippen LogP contribution in [0.15, 0.2) is 170 Å². The molecule has 14 rings (SSSR count). The lowest BCUT2D eigenvalue weighted by atomic mass is 10.1. The third-order valence-corrected chi connectivity index (χ3v) is 25.6. The van der Waals surface area contributed by atoms with Gasteiger partial charge in [-0.25, -0.2) is 9.59 Å². The van der Waals surface area contributed by atoms with Crippen molar-refractivity contribution in [3.8, 4) is 0 Å². The molecule has 0 fully saturated rings. The lowest BCUT2D eigenvalue weighted by Crippen LogP contribution is -2.15. The first-order valence-corrected chi connectivity index (χ1v) is 36.5. The molecule has 0 saturated heterocycles. The predicted molar refractivity (Wildman–Crippen MR) is 376 cm³/mol. The van der Waals surface area contributed by atoms with Gasteiger partial charge < -0.3 is 29.2 Å². The molecule has 6 aromatic carbocycles. The summed E-state index contributed by atoms with van der Waals surface area (Å²) < 4.78 is 37.7. The standard InChI is InChI=1S/C42H42O6S4.C30H22O2S4/c1-3-5-13-19-45-41(43)47-31(21-27-15-9-7-10-16-27)35-25-37-39(51-35)29-23-34-30(24-33(29)49-37)40-38(50-34)26-36(52-40)32(22-28-17-11-8-12-18-28)48-42(44)46-20-14-6-4-2;31-21(11-17-7-3-1-4-8-17)25-15-27-29(35-25)19-13-24-20(14-23(19)33-27)30-28(34-24)16-26(36-30)22(32)12-18-9-5-2-6-10-18/h7-12,15-18,23-26,31-32H,3-6,13-14,19-22H2,1-2H3;1-10,13-16,21-22,31-32H,11-12H2. The van der Waals surface area contributed by atoms with Crippen LogP contribution in [0, 0.1) is 0 Å². The molecule has 8 nitrogen and oxygen atoms in total. The zero-order valence-electron chi connectivity index (χ0n) is 48.6. The van der Waals surface area contributed by atoms with E-state index in [1.54, 1.807) is 68.0 Å². The molecule has 0 amide bonds. The molecule has 0 aliphatic carbocycles. The molecule has 8 aromatic heterocycles. The molecule has 4 atom stereocenters. The van der Waals surface area contributed by atoms with Crippen LogP contribution >= 0.6 is 90.7 Å². The number of rotatable bonds is 22. The lowest BCUT2D eigenvalue weighted by molar-refractivity contribution is 0.0222. The van der Waals surface area contributed by atoms with Crippen molar-refractivity contribution in [2.75, 3.05) is 13.2 Å². The Hall–Kier alpha value is -6.54. The van der Waals surface area contributed by atoms with Crippen molar-refractivity contribution in [3.63, 3.8) is 0 Å². The summed E-state index contributed by atoms with van der Waals surface area (Å²) in [5.41, 5.74) is 4.52. The fraction of sp³-hybridized carbons (Fsp3) is 0.250. The number of hydrogen-bond donors (Lipinski definition) is 2. The Kier molecular flexibility index (Phi) is 19.0. The molecular formula is C72H64O8S8. The largest absolute Gasteiger partial charge is 0.508 e. The first-order chi connectivity index (χ1) is 43.1. The van der Waals surface area contributed by atoms with Gasteiger partial charge in [-0.3, -0.25) is 0 Å². The highest BCUT2D eigenvalue weighted by Gasteiger charge is 2.27. The average Bonchev–Trinajstić information content (AvgIpc) is 1.83. The third-order valence-electron chi connectivity index (χ3n) is 15.7. The Balaban J connectivity index is 0.000000173. The second-order valence-corrected chi connectivity index (χ2v) is 30.8. The van der Waals surface area contributed by atoms with E-state index in [0.29, 0.717) is 38.9 Å². The number of thiophene rings is 8. The number of carbonyl (C=O) groups is 2. The van der Waals surface area contributed by atoms with Crippen LogP contribution in [0.1, 0.15) is 119 Å². The van der Waals surface area contributed by atoms with Crippen LogP contribution in [-0.2, 0) is 44.6 Å². The molecule has 2 N–H and O–H groups in total. The maximum atomic E-state index is 12.8. The van der Waals surface area contributed by atoms with Gasteiger partial charge in [0.1, 0.15) is 12.2 Å². The summed E-state index contributed by atoms with van der Waals surface area (Å²) in [5, 5.41) is 26.7. The highest BCUT2D eigenvalue weighted by molar-refractivity contribution is 7.35. The quantitative estimate of drug-likeness (QED) is 0.0510. The van der Waals surface area contributed by atoms with Gasteiger partial charge in [-0.1, -0.05) is 161 Å². The molecule has 8 heterocycles. The number of ether oxygens (including phenoxy) is 4. The van der Waals surface area contributed by atoms with Gasteiger partial charge in [0.15, 0.2) is 0 Å². The van der Waals surface area contributed by atoms with Gasteiger partial charge >= 0.3 is 12.3 Å². The number of benzene rings is 6.